The molecule has 0 bridgehead atoms. The SMILES string of the molecule is CC(C)Nc1ccc(C2CCCN(C)C2)nn1. The first-order chi connectivity index (χ1) is 8.15. The maximum atomic E-state index is 4.35. The lowest BCUT2D eigenvalue weighted by atomic mass is 9.95. The van der Waals surface area contributed by atoms with Crippen molar-refractivity contribution < 1.29 is 0 Å². The predicted octanol–water partition coefficient (Wildman–Crippen LogP) is 2.11. The fourth-order valence-electron chi connectivity index (χ4n) is 2.34. The molecule has 2 rings (SSSR count). The van der Waals surface area contributed by atoms with Crippen LogP contribution in [0.2, 0.25) is 0 Å². The van der Waals surface area contributed by atoms with E-state index in [9.17, 15) is 0 Å². The summed E-state index contributed by atoms with van der Waals surface area (Å²) in [5, 5.41) is 11.8. The van der Waals surface area contributed by atoms with E-state index in [0.29, 0.717) is 12.0 Å². The van der Waals surface area contributed by atoms with E-state index in [0.717, 1.165) is 18.1 Å². The van der Waals surface area contributed by atoms with E-state index in [-0.39, 0.29) is 0 Å². The first-order valence-electron chi connectivity index (χ1n) is 6.44. The molecule has 1 aliphatic heterocycles. The molecule has 17 heavy (non-hydrogen) atoms. The summed E-state index contributed by atoms with van der Waals surface area (Å²) in [5.74, 6) is 1.42. The zero-order chi connectivity index (χ0) is 12.3. The Hall–Kier alpha value is -1.16. The fourth-order valence-corrected chi connectivity index (χ4v) is 2.34. The van der Waals surface area contributed by atoms with Crippen molar-refractivity contribution in [2.24, 2.45) is 0 Å². The van der Waals surface area contributed by atoms with Crippen molar-refractivity contribution >= 4 is 5.82 Å². The Morgan fingerprint density at radius 1 is 1.35 bits per heavy atom. The Balaban J connectivity index is 2.01. The van der Waals surface area contributed by atoms with Crippen LogP contribution in [0.4, 0.5) is 5.82 Å². The highest BCUT2D eigenvalue weighted by atomic mass is 15.2. The van der Waals surface area contributed by atoms with Crippen LogP contribution in [0.5, 0.6) is 0 Å². The predicted molar refractivity (Wildman–Crippen MR) is 70.3 cm³/mol. The van der Waals surface area contributed by atoms with Gasteiger partial charge in [0.2, 0.25) is 0 Å². The Kier molecular flexibility index (Phi) is 3.94. The van der Waals surface area contributed by atoms with Crippen molar-refractivity contribution in [2.75, 3.05) is 25.5 Å². The van der Waals surface area contributed by atoms with Crippen molar-refractivity contribution in [1.29, 1.82) is 0 Å². The summed E-state index contributed by atoms with van der Waals surface area (Å²) >= 11 is 0. The monoisotopic (exact) mass is 234 g/mol. The highest BCUT2D eigenvalue weighted by Crippen LogP contribution is 2.24. The molecule has 0 radical (unpaired) electrons. The summed E-state index contributed by atoms with van der Waals surface area (Å²) in [6.07, 6.45) is 2.49. The summed E-state index contributed by atoms with van der Waals surface area (Å²) in [4.78, 5) is 2.37. The molecule has 1 atom stereocenters. The maximum Gasteiger partial charge on any atom is 0.148 e. The van der Waals surface area contributed by atoms with E-state index in [2.05, 4.69) is 47.4 Å². The topological polar surface area (TPSA) is 41.0 Å². The first kappa shape index (κ1) is 12.3. The van der Waals surface area contributed by atoms with Crippen LogP contribution in [-0.4, -0.2) is 41.3 Å². The van der Waals surface area contributed by atoms with E-state index < -0.39 is 0 Å². The van der Waals surface area contributed by atoms with Crippen molar-refractivity contribution in [3.63, 3.8) is 0 Å². The molecule has 0 saturated carbocycles. The van der Waals surface area contributed by atoms with E-state index in [4.69, 9.17) is 0 Å². The number of anilines is 1. The lowest BCUT2D eigenvalue weighted by Crippen LogP contribution is -2.31. The lowest BCUT2D eigenvalue weighted by molar-refractivity contribution is 0.248. The molecule has 1 aliphatic rings. The van der Waals surface area contributed by atoms with E-state index in [1.165, 1.54) is 19.4 Å². The zero-order valence-corrected chi connectivity index (χ0v) is 11.0. The number of rotatable bonds is 3. The van der Waals surface area contributed by atoms with Gasteiger partial charge < -0.3 is 10.2 Å². The van der Waals surface area contributed by atoms with E-state index in [1.54, 1.807) is 0 Å². The minimum absolute atomic E-state index is 0.399. The molecule has 0 spiro atoms. The largest absolute Gasteiger partial charge is 0.366 e. The number of likely N-dealkylation sites (N-methyl/N-ethyl adjacent to an activating group) is 1. The molecule has 1 N–H and O–H groups in total. The van der Waals surface area contributed by atoms with Crippen LogP contribution >= 0.6 is 0 Å². The quantitative estimate of drug-likeness (QED) is 0.869. The lowest BCUT2D eigenvalue weighted by Gasteiger charge is -2.28. The normalized spacial score (nSPS) is 21.8. The van der Waals surface area contributed by atoms with Gasteiger partial charge in [0, 0.05) is 18.5 Å². The average molecular weight is 234 g/mol. The highest BCUT2D eigenvalue weighted by molar-refractivity contribution is 5.34. The van der Waals surface area contributed by atoms with Gasteiger partial charge in [0.1, 0.15) is 5.82 Å². The second kappa shape index (κ2) is 5.45. The van der Waals surface area contributed by atoms with Gasteiger partial charge in [-0.1, -0.05) is 0 Å². The van der Waals surface area contributed by atoms with Crippen LogP contribution < -0.4 is 5.32 Å². The van der Waals surface area contributed by atoms with Gasteiger partial charge in [-0.15, -0.1) is 5.10 Å². The molecule has 4 nitrogen and oxygen atoms in total. The third-order valence-corrected chi connectivity index (χ3v) is 3.16. The second-order valence-electron chi connectivity index (χ2n) is 5.24. The molecule has 0 aromatic carbocycles. The highest BCUT2D eigenvalue weighted by Gasteiger charge is 2.20. The standard InChI is InChI=1S/C13H22N4/c1-10(2)14-13-7-6-12(15-16-13)11-5-4-8-17(3)9-11/h6-7,10-11H,4-5,8-9H2,1-3H3,(H,14,16). The van der Waals surface area contributed by atoms with Crippen LogP contribution in [0, 0.1) is 0 Å². The molecular formula is C13H22N4. The number of piperidine rings is 1. The van der Waals surface area contributed by atoms with E-state index in [1.807, 2.05) is 6.07 Å². The third-order valence-electron chi connectivity index (χ3n) is 3.16. The molecule has 4 heteroatoms. The van der Waals surface area contributed by atoms with Crippen molar-refractivity contribution in [2.45, 2.75) is 38.6 Å². The van der Waals surface area contributed by atoms with Crippen LogP contribution in [0.3, 0.4) is 0 Å². The smallest absolute Gasteiger partial charge is 0.148 e. The van der Waals surface area contributed by atoms with Gasteiger partial charge in [-0.3, -0.25) is 0 Å². The summed E-state index contributed by atoms with van der Waals surface area (Å²) < 4.78 is 0. The zero-order valence-electron chi connectivity index (χ0n) is 11.0. The Bertz CT molecular complexity index is 347. The summed E-state index contributed by atoms with van der Waals surface area (Å²) in [5.41, 5.74) is 1.13. The van der Waals surface area contributed by atoms with Gasteiger partial charge in [-0.05, 0) is 52.4 Å². The number of nitrogens with one attached hydrogen (secondary N) is 1. The summed E-state index contributed by atoms with van der Waals surface area (Å²) in [7, 11) is 2.17. The van der Waals surface area contributed by atoms with Gasteiger partial charge in [-0.2, -0.15) is 5.10 Å². The maximum absolute atomic E-state index is 4.35. The molecule has 0 aliphatic carbocycles. The van der Waals surface area contributed by atoms with Gasteiger partial charge in [0.05, 0.1) is 5.69 Å². The van der Waals surface area contributed by atoms with Gasteiger partial charge in [0.15, 0.2) is 0 Å². The summed E-state index contributed by atoms with van der Waals surface area (Å²) in [6, 6.07) is 4.55. The van der Waals surface area contributed by atoms with Crippen LogP contribution in [0.25, 0.3) is 0 Å². The second-order valence-corrected chi connectivity index (χ2v) is 5.24. The van der Waals surface area contributed by atoms with Gasteiger partial charge in [0.25, 0.3) is 0 Å². The molecular weight excluding hydrogens is 212 g/mol. The number of hydrogen-bond donors (Lipinski definition) is 1. The fraction of sp³-hybridized carbons (Fsp3) is 0.692. The average Bonchev–Trinajstić information content (AvgIpc) is 2.29. The van der Waals surface area contributed by atoms with Crippen molar-refractivity contribution in [1.82, 2.24) is 15.1 Å². The minimum Gasteiger partial charge on any atom is -0.366 e. The Morgan fingerprint density at radius 2 is 2.18 bits per heavy atom. The number of nitrogens with zero attached hydrogens (tertiary/aromatic N) is 3. The number of aromatic nitrogens is 2. The van der Waals surface area contributed by atoms with Crippen LogP contribution in [0.15, 0.2) is 12.1 Å². The minimum atomic E-state index is 0.399. The molecule has 94 valence electrons. The molecule has 1 aromatic heterocycles. The Morgan fingerprint density at radius 3 is 2.76 bits per heavy atom. The number of likely N-dealkylation sites (tertiary alicyclic amines) is 1. The van der Waals surface area contributed by atoms with Crippen LogP contribution in [-0.2, 0) is 0 Å². The molecule has 0 amide bonds. The molecule has 1 aromatic rings. The first-order valence-corrected chi connectivity index (χ1v) is 6.44. The molecule has 2 heterocycles. The molecule has 1 fully saturated rings. The van der Waals surface area contributed by atoms with Crippen LogP contribution in [0.1, 0.15) is 38.3 Å². The summed E-state index contributed by atoms with van der Waals surface area (Å²) in [6.45, 7) is 6.51. The van der Waals surface area contributed by atoms with Crippen molar-refractivity contribution in [3.05, 3.63) is 17.8 Å². The Labute approximate surface area is 103 Å². The third kappa shape index (κ3) is 3.40. The van der Waals surface area contributed by atoms with E-state index >= 15 is 0 Å². The molecule has 1 saturated heterocycles. The number of hydrogen-bond acceptors (Lipinski definition) is 4. The molecule has 1 unspecified atom stereocenters. The van der Waals surface area contributed by atoms with Gasteiger partial charge in [-0.25, -0.2) is 0 Å². The van der Waals surface area contributed by atoms with Gasteiger partial charge >= 0.3 is 0 Å². The van der Waals surface area contributed by atoms with Crippen molar-refractivity contribution in [3.8, 4) is 0 Å².